The molecular formula is C13H14ClFN2O2. The second-order valence-electron chi connectivity index (χ2n) is 3.91. The largest absolute Gasteiger partial charge is 0.381 e. The molecule has 0 radical (unpaired) electrons. The van der Waals surface area contributed by atoms with Crippen molar-refractivity contribution in [2.75, 3.05) is 18.9 Å². The zero-order valence-electron chi connectivity index (χ0n) is 10.5. The average Bonchev–Trinajstić information content (AvgIpc) is 2.72. The van der Waals surface area contributed by atoms with E-state index < -0.39 is 5.82 Å². The van der Waals surface area contributed by atoms with E-state index in [2.05, 4.69) is 5.16 Å². The molecule has 0 fully saturated rings. The van der Waals surface area contributed by atoms with E-state index in [4.69, 9.17) is 26.6 Å². The molecule has 0 saturated carbocycles. The number of anilines is 1. The molecule has 0 aliphatic rings. The number of hydrogen-bond donors (Lipinski definition) is 1. The van der Waals surface area contributed by atoms with E-state index >= 15 is 0 Å². The van der Waals surface area contributed by atoms with Crippen molar-refractivity contribution in [3.05, 3.63) is 34.7 Å². The van der Waals surface area contributed by atoms with Crippen LogP contribution >= 0.6 is 11.6 Å². The Kier molecular flexibility index (Phi) is 4.39. The minimum absolute atomic E-state index is 0.0542. The zero-order chi connectivity index (χ0) is 13.8. The van der Waals surface area contributed by atoms with Crippen molar-refractivity contribution >= 4 is 17.5 Å². The van der Waals surface area contributed by atoms with Crippen LogP contribution in [0.5, 0.6) is 0 Å². The van der Waals surface area contributed by atoms with Crippen LogP contribution in [0.15, 0.2) is 22.7 Å². The Labute approximate surface area is 115 Å². The lowest BCUT2D eigenvalue weighted by molar-refractivity contribution is 0.149. The number of halogens is 2. The van der Waals surface area contributed by atoms with Gasteiger partial charge in [0, 0.05) is 18.6 Å². The van der Waals surface area contributed by atoms with Crippen LogP contribution in [-0.4, -0.2) is 18.4 Å². The number of benzene rings is 1. The summed E-state index contributed by atoms with van der Waals surface area (Å²) in [6, 6.07) is 4.45. The van der Waals surface area contributed by atoms with Gasteiger partial charge < -0.3 is 15.0 Å². The van der Waals surface area contributed by atoms with E-state index in [1.54, 1.807) is 6.07 Å². The maximum absolute atomic E-state index is 13.9. The highest BCUT2D eigenvalue weighted by molar-refractivity contribution is 6.33. The molecule has 0 aliphatic carbocycles. The normalized spacial score (nSPS) is 10.9. The quantitative estimate of drug-likeness (QED) is 0.856. The minimum atomic E-state index is -0.458. The summed E-state index contributed by atoms with van der Waals surface area (Å²) in [5.41, 5.74) is 6.88. The van der Waals surface area contributed by atoms with Gasteiger partial charge >= 0.3 is 0 Å². The van der Waals surface area contributed by atoms with Gasteiger partial charge in [0.05, 0.1) is 22.9 Å². The van der Waals surface area contributed by atoms with Crippen molar-refractivity contribution in [1.82, 2.24) is 5.16 Å². The van der Waals surface area contributed by atoms with Crippen molar-refractivity contribution in [3.8, 4) is 11.1 Å². The molecule has 2 N–H and O–H groups in total. The second-order valence-corrected chi connectivity index (χ2v) is 4.32. The summed E-state index contributed by atoms with van der Waals surface area (Å²) >= 11 is 6.03. The van der Waals surface area contributed by atoms with Gasteiger partial charge in [-0.25, -0.2) is 4.39 Å². The Balaban J connectivity index is 2.41. The van der Waals surface area contributed by atoms with Crippen molar-refractivity contribution in [1.29, 1.82) is 0 Å². The van der Waals surface area contributed by atoms with E-state index in [0.29, 0.717) is 30.9 Å². The van der Waals surface area contributed by atoms with Gasteiger partial charge in [-0.3, -0.25) is 0 Å². The molecule has 0 bridgehead atoms. The van der Waals surface area contributed by atoms with Crippen LogP contribution < -0.4 is 5.73 Å². The highest BCUT2D eigenvalue weighted by atomic mass is 35.5. The molecule has 4 nitrogen and oxygen atoms in total. The molecule has 0 amide bonds. The number of nitrogen functional groups attached to an aromatic ring is 1. The van der Waals surface area contributed by atoms with Gasteiger partial charge in [0.2, 0.25) is 5.88 Å². The first kappa shape index (κ1) is 13.8. The SMILES string of the molecule is CCOCCc1noc(N)c1-c1c(F)cccc1Cl. The Morgan fingerprint density at radius 3 is 2.89 bits per heavy atom. The van der Waals surface area contributed by atoms with Gasteiger partial charge in [-0.2, -0.15) is 0 Å². The topological polar surface area (TPSA) is 61.3 Å². The van der Waals surface area contributed by atoms with Crippen molar-refractivity contribution < 1.29 is 13.7 Å². The number of hydrogen-bond acceptors (Lipinski definition) is 4. The molecule has 102 valence electrons. The average molecular weight is 285 g/mol. The Morgan fingerprint density at radius 2 is 2.21 bits per heavy atom. The molecule has 0 aliphatic heterocycles. The van der Waals surface area contributed by atoms with Gasteiger partial charge in [-0.1, -0.05) is 22.8 Å². The molecule has 1 heterocycles. The van der Waals surface area contributed by atoms with Gasteiger partial charge in [-0.05, 0) is 19.1 Å². The molecule has 1 aromatic carbocycles. The lowest BCUT2D eigenvalue weighted by atomic mass is 10.0. The number of nitrogens with two attached hydrogens (primary N) is 1. The van der Waals surface area contributed by atoms with Crippen molar-refractivity contribution in [2.24, 2.45) is 0 Å². The third-order valence-electron chi connectivity index (χ3n) is 2.69. The van der Waals surface area contributed by atoms with E-state index in [1.807, 2.05) is 6.92 Å². The molecule has 2 rings (SSSR count). The maximum atomic E-state index is 13.9. The molecule has 1 aromatic heterocycles. The molecule has 0 atom stereocenters. The van der Waals surface area contributed by atoms with Gasteiger partial charge in [0.15, 0.2) is 0 Å². The summed E-state index contributed by atoms with van der Waals surface area (Å²) < 4.78 is 24.1. The Bertz CT molecular complexity index is 552. The predicted octanol–water partition coefficient (Wildman–Crippen LogP) is 3.30. The number of ether oxygens (including phenoxy) is 1. The number of rotatable bonds is 5. The van der Waals surface area contributed by atoms with Crippen LogP contribution in [0.3, 0.4) is 0 Å². The van der Waals surface area contributed by atoms with Gasteiger partial charge in [-0.15, -0.1) is 0 Å². The van der Waals surface area contributed by atoms with Gasteiger partial charge in [0.25, 0.3) is 0 Å². The molecular weight excluding hydrogens is 271 g/mol. The fraction of sp³-hybridized carbons (Fsp3) is 0.308. The van der Waals surface area contributed by atoms with Crippen LogP contribution in [0.4, 0.5) is 10.3 Å². The maximum Gasteiger partial charge on any atom is 0.230 e. The summed E-state index contributed by atoms with van der Waals surface area (Å²) in [6.07, 6.45) is 0.481. The molecule has 6 heteroatoms. The van der Waals surface area contributed by atoms with E-state index in [9.17, 15) is 4.39 Å². The second kappa shape index (κ2) is 6.04. The third-order valence-corrected chi connectivity index (χ3v) is 3.00. The fourth-order valence-electron chi connectivity index (χ4n) is 1.83. The monoisotopic (exact) mass is 284 g/mol. The summed E-state index contributed by atoms with van der Waals surface area (Å²) in [5, 5.41) is 4.11. The first-order chi connectivity index (χ1) is 9.15. The Hall–Kier alpha value is -1.59. The highest BCUT2D eigenvalue weighted by Crippen LogP contribution is 2.36. The van der Waals surface area contributed by atoms with Crippen LogP contribution in [-0.2, 0) is 11.2 Å². The standard InChI is InChI=1S/C13H14ClFN2O2/c1-2-18-7-6-10-12(13(16)19-17-10)11-8(14)4-3-5-9(11)15/h3-5H,2,6-7,16H2,1H3. The first-order valence-electron chi connectivity index (χ1n) is 5.91. The summed E-state index contributed by atoms with van der Waals surface area (Å²) in [7, 11) is 0. The van der Waals surface area contributed by atoms with Crippen LogP contribution in [0.2, 0.25) is 5.02 Å². The fourth-order valence-corrected chi connectivity index (χ4v) is 2.08. The van der Waals surface area contributed by atoms with Crippen LogP contribution in [0.1, 0.15) is 12.6 Å². The number of aromatic nitrogens is 1. The van der Waals surface area contributed by atoms with Crippen molar-refractivity contribution in [2.45, 2.75) is 13.3 Å². The molecule has 19 heavy (non-hydrogen) atoms. The number of nitrogens with zero attached hydrogens (tertiary/aromatic N) is 1. The molecule has 0 saturated heterocycles. The zero-order valence-corrected chi connectivity index (χ0v) is 11.2. The lowest BCUT2D eigenvalue weighted by Gasteiger charge is -2.06. The van der Waals surface area contributed by atoms with Crippen molar-refractivity contribution in [3.63, 3.8) is 0 Å². The summed E-state index contributed by atoms with van der Waals surface area (Å²) in [6.45, 7) is 2.95. The smallest absolute Gasteiger partial charge is 0.230 e. The summed E-state index contributed by atoms with van der Waals surface area (Å²) in [5.74, 6) is -0.404. The molecule has 0 unspecified atom stereocenters. The lowest BCUT2D eigenvalue weighted by Crippen LogP contribution is -2.01. The van der Waals surface area contributed by atoms with Gasteiger partial charge in [0.1, 0.15) is 5.82 Å². The van der Waals surface area contributed by atoms with E-state index in [0.717, 1.165) is 0 Å². The molecule has 2 aromatic rings. The van der Waals surface area contributed by atoms with Crippen LogP contribution in [0.25, 0.3) is 11.1 Å². The van der Waals surface area contributed by atoms with E-state index in [1.165, 1.54) is 12.1 Å². The summed E-state index contributed by atoms with van der Waals surface area (Å²) in [4.78, 5) is 0. The highest BCUT2D eigenvalue weighted by Gasteiger charge is 2.21. The predicted molar refractivity (Wildman–Crippen MR) is 71.5 cm³/mol. The Morgan fingerprint density at radius 1 is 1.42 bits per heavy atom. The first-order valence-corrected chi connectivity index (χ1v) is 6.29. The van der Waals surface area contributed by atoms with E-state index in [-0.39, 0.29) is 16.5 Å². The minimum Gasteiger partial charge on any atom is -0.381 e. The third kappa shape index (κ3) is 2.88. The molecule has 0 spiro atoms. The van der Waals surface area contributed by atoms with Crippen LogP contribution in [0, 0.1) is 5.82 Å².